The van der Waals surface area contributed by atoms with Crippen LogP contribution in [0, 0.1) is 11.3 Å². The molecule has 0 aromatic heterocycles. The van der Waals surface area contributed by atoms with Gasteiger partial charge in [-0.2, -0.15) is 10.4 Å². The van der Waals surface area contributed by atoms with Gasteiger partial charge in [0, 0.05) is 4.47 Å². The van der Waals surface area contributed by atoms with Gasteiger partial charge in [0.2, 0.25) is 0 Å². The van der Waals surface area contributed by atoms with Gasteiger partial charge >= 0.3 is 0 Å². The van der Waals surface area contributed by atoms with Gasteiger partial charge in [-0.25, -0.2) is 5.43 Å². The molecule has 0 radical (unpaired) electrons. The molecule has 1 aromatic carbocycles. The zero-order chi connectivity index (χ0) is 12.0. The van der Waals surface area contributed by atoms with Crippen molar-refractivity contribution < 1.29 is 4.79 Å². The molecular weight excluding hydrogens is 270 g/mol. The second-order valence-corrected chi connectivity index (χ2v) is 3.99. The molecule has 0 unspecified atom stereocenters. The van der Waals surface area contributed by atoms with Crippen LogP contribution in [0.3, 0.4) is 0 Å². The van der Waals surface area contributed by atoms with E-state index in [9.17, 15) is 4.79 Å². The number of rotatable bonds is 3. The van der Waals surface area contributed by atoms with E-state index < -0.39 is 5.91 Å². The molecule has 0 bridgehead atoms. The molecule has 0 heterocycles. The van der Waals surface area contributed by atoms with E-state index in [-0.39, 0.29) is 6.42 Å². The Morgan fingerprint density at radius 2 is 2.12 bits per heavy atom. The summed E-state index contributed by atoms with van der Waals surface area (Å²) in [6.45, 7) is 1.79. The van der Waals surface area contributed by atoms with E-state index >= 15 is 0 Å². The highest BCUT2D eigenvalue weighted by Gasteiger charge is 2.00. The van der Waals surface area contributed by atoms with Crippen LogP contribution in [0.4, 0.5) is 0 Å². The van der Waals surface area contributed by atoms with E-state index in [0.717, 1.165) is 10.0 Å². The van der Waals surface area contributed by atoms with E-state index in [0.29, 0.717) is 5.71 Å². The Morgan fingerprint density at radius 3 is 2.69 bits per heavy atom. The van der Waals surface area contributed by atoms with Gasteiger partial charge in [-0.3, -0.25) is 4.79 Å². The van der Waals surface area contributed by atoms with Crippen molar-refractivity contribution in [1.29, 1.82) is 5.26 Å². The maximum Gasteiger partial charge on any atom is 0.254 e. The predicted molar refractivity (Wildman–Crippen MR) is 64.7 cm³/mol. The summed E-state index contributed by atoms with van der Waals surface area (Å²) in [6.07, 6.45) is -0.183. The summed E-state index contributed by atoms with van der Waals surface area (Å²) in [5, 5.41) is 12.2. The summed E-state index contributed by atoms with van der Waals surface area (Å²) in [6, 6.07) is 9.32. The monoisotopic (exact) mass is 279 g/mol. The SMILES string of the molecule is C/C(=N/NC(=O)CC#N)c1ccc(Br)cc1. The Morgan fingerprint density at radius 1 is 1.50 bits per heavy atom. The zero-order valence-electron chi connectivity index (χ0n) is 8.70. The Bertz CT molecular complexity index is 445. The summed E-state index contributed by atoms with van der Waals surface area (Å²) in [5.74, 6) is -0.404. The molecule has 0 saturated heterocycles. The van der Waals surface area contributed by atoms with E-state index in [1.165, 1.54) is 0 Å². The van der Waals surface area contributed by atoms with Crippen LogP contribution in [-0.2, 0) is 4.79 Å². The number of benzene rings is 1. The van der Waals surface area contributed by atoms with Gasteiger partial charge in [0.15, 0.2) is 0 Å². The molecule has 82 valence electrons. The lowest BCUT2D eigenvalue weighted by molar-refractivity contribution is -0.120. The normalized spacial score (nSPS) is 10.7. The fourth-order valence-corrected chi connectivity index (χ4v) is 1.28. The molecule has 1 N–H and O–H groups in total. The minimum absolute atomic E-state index is 0.183. The number of hydrazone groups is 1. The van der Waals surface area contributed by atoms with Gasteiger partial charge in [-0.1, -0.05) is 28.1 Å². The van der Waals surface area contributed by atoms with Gasteiger partial charge in [-0.15, -0.1) is 0 Å². The minimum atomic E-state index is -0.404. The van der Waals surface area contributed by atoms with Crippen LogP contribution >= 0.6 is 15.9 Å². The highest BCUT2D eigenvalue weighted by molar-refractivity contribution is 9.10. The molecule has 0 saturated carbocycles. The number of carbonyl (C=O) groups excluding carboxylic acids is 1. The first kappa shape index (κ1) is 12.4. The third-order valence-electron chi connectivity index (χ3n) is 1.85. The number of amides is 1. The first-order valence-corrected chi connectivity index (χ1v) is 5.39. The zero-order valence-corrected chi connectivity index (χ0v) is 10.3. The molecule has 16 heavy (non-hydrogen) atoms. The van der Waals surface area contributed by atoms with Crippen molar-refractivity contribution in [3.05, 3.63) is 34.3 Å². The first-order valence-electron chi connectivity index (χ1n) is 4.59. The fraction of sp³-hybridized carbons (Fsp3) is 0.182. The van der Waals surface area contributed by atoms with Gasteiger partial charge < -0.3 is 0 Å². The predicted octanol–water partition coefficient (Wildman–Crippen LogP) is 2.20. The summed E-state index contributed by atoms with van der Waals surface area (Å²) in [4.78, 5) is 11.0. The summed E-state index contributed by atoms with van der Waals surface area (Å²) >= 11 is 3.33. The fourth-order valence-electron chi connectivity index (χ4n) is 1.01. The second kappa shape index (κ2) is 6.03. The van der Waals surface area contributed by atoms with Crippen molar-refractivity contribution >= 4 is 27.5 Å². The summed E-state index contributed by atoms with van der Waals surface area (Å²) in [7, 11) is 0. The average molecular weight is 280 g/mol. The van der Waals surface area contributed by atoms with Crippen LogP contribution < -0.4 is 5.43 Å². The van der Waals surface area contributed by atoms with Crippen molar-refractivity contribution in [1.82, 2.24) is 5.43 Å². The standard InChI is InChI=1S/C11H10BrN3O/c1-8(14-15-11(16)6-7-13)9-2-4-10(12)5-3-9/h2-5H,6H2,1H3,(H,15,16)/b14-8-. The molecule has 1 aromatic rings. The molecule has 1 amide bonds. The van der Waals surface area contributed by atoms with E-state index in [4.69, 9.17) is 5.26 Å². The third kappa shape index (κ3) is 3.83. The van der Waals surface area contributed by atoms with Crippen molar-refractivity contribution in [2.24, 2.45) is 5.10 Å². The van der Waals surface area contributed by atoms with Crippen molar-refractivity contribution in [3.8, 4) is 6.07 Å². The Hall–Kier alpha value is -1.67. The van der Waals surface area contributed by atoms with Crippen LogP contribution in [0.15, 0.2) is 33.8 Å². The molecule has 0 spiro atoms. The highest BCUT2D eigenvalue weighted by atomic mass is 79.9. The van der Waals surface area contributed by atoms with Crippen LogP contribution in [0.5, 0.6) is 0 Å². The largest absolute Gasteiger partial charge is 0.272 e. The summed E-state index contributed by atoms with van der Waals surface area (Å²) in [5.41, 5.74) is 3.92. The van der Waals surface area contributed by atoms with Gasteiger partial charge in [0.1, 0.15) is 6.42 Å². The number of nitriles is 1. The third-order valence-corrected chi connectivity index (χ3v) is 2.38. The summed E-state index contributed by atoms with van der Waals surface area (Å²) < 4.78 is 0.984. The lowest BCUT2D eigenvalue weighted by Crippen LogP contribution is -2.18. The van der Waals surface area contributed by atoms with Crippen molar-refractivity contribution in [3.63, 3.8) is 0 Å². The second-order valence-electron chi connectivity index (χ2n) is 3.07. The molecule has 1 rings (SSSR count). The highest BCUT2D eigenvalue weighted by Crippen LogP contribution is 2.10. The maximum absolute atomic E-state index is 11.0. The number of nitrogens with one attached hydrogen (secondary N) is 1. The minimum Gasteiger partial charge on any atom is -0.272 e. The van der Waals surface area contributed by atoms with Crippen LogP contribution in [0.2, 0.25) is 0 Å². The van der Waals surface area contributed by atoms with Crippen LogP contribution in [-0.4, -0.2) is 11.6 Å². The lowest BCUT2D eigenvalue weighted by Gasteiger charge is -2.01. The Balaban J connectivity index is 2.67. The average Bonchev–Trinajstić information content (AvgIpc) is 2.27. The number of hydrogen-bond acceptors (Lipinski definition) is 3. The smallest absolute Gasteiger partial charge is 0.254 e. The van der Waals surface area contributed by atoms with E-state index in [2.05, 4.69) is 26.5 Å². The lowest BCUT2D eigenvalue weighted by atomic mass is 10.1. The maximum atomic E-state index is 11.0. The topological polar surface area (TPSA) is 65.2 Å². The Labute approximate surface area is 102 Å². The molecular formula is C11H10BrN3O. The number of carbonyl (C=O) groups is 1. The van der Waals surface area contributed by atoms with Gasteiger partial charge in [-0.05, 0) is 24.6 Å². The molecule has 0 fully saturated rings. The first-order chi connectivity index (χ1) is 7.63. The molecule has 0 aliphatic heterocycles. The number of hydrogen-bond donors (Lipinski definition) is 1. The molecule has 0 aliphatic rings. The van der Waals surface area contributed by atoms with Gasteiger partial charge in [0.05, 0.1) is 11.8 Å². The number of halogens is 1. The van der Waals surface area contributed by atoms with Crippen molar-refractivity contribution in [2.75, 3.05) is 0 Å². The van der Waals surface area contributed by atoms with Gasteiger partial charge in [0.25, 0.3) is 5.91 Å². The number of nitrogens with zero attached hydrogens (tertiary/aromatic N) is 2. The van der Waals surface area contributed by atoms with Crippen molar-refractivity contribution in [2.45, 2.75) is 13.3 Å². The Kier molecular flexibility index (Phi) is 4.67. The molecule has 4 nitrogen and oxygen atoms in total. The molecule has 0 aliphatic carbocycles. The molecule has 5 heteroatoms. The van der Waals surface area contributed by atoms with E-state index in [1.54, 1.807) is 13.0 Å². The van der Waals surface area contributed by atoms with Crippen LogP contribution in [0.25, 0.3) is 0 Å². The van der Waals surface area contributed by atoms with E-state index in [1.807, 2.05) is 24.3 Å². The quantitative estimate of drug-likeness (QED) is 0.681. The van der Waals surface area contributed by atoms with Crippen LogP contribution in [0.1, 0.15) is 18.9 Å². The molecule has 0 atom stereocenters.